The van der Waals surface area contributed by atoms with Crippen LogP contribution in [0.25, 0.3) is 0 Å². The fourth-order valence-electron chi connectivity index (χ4n) is 1.89. The SMILES string of the molecule is CC(=O)N1CCN(Cc2cnc(NN)s2)CC1. The van der Waals surface area contributed by atoms with Crippen LogP contribution in [0.15, 0.2) is 6.20 Å². The van der Waals surface area contributed by atoms with Gasteiger partial charge in [-0.1, -0.05) is 11.3 Å². The molecule has 0 aromatic carbocycles. The lowest BCUT2D eigenvalue weighted by atomic mass is 10.3. The van der Waals surface area contributed by atoms with E-state index in [1.165, 1.54) is 4.88 Å². The Balaban J connectivity index is 1.83. The monoisotopic (exact) mass is 255 g/mol. The lowest BCUT2D eigenvalue weighted by Gasteiger charge is -2.33. The molecule has 0 radical (unpaired) electrons. The van der Waals surface area contributed by atoms with Gasteiger partial charge in [0, 0.05) is 50.7 Å². The van der Waals surface area contributed by atoms with Crippen molar-refractivity contribution in [3.05, 3.63) is 11.1 Å². The number of hydrogen-bond acceptors (Lipinski definition) is 6. The van der Waals surface area contributed by atoms with Crippen LogP contribution in [0, 0.1) is 0 Å². The van der Waals surface area contributed by atoms with Crippen LogP contribution in [0.5, 0.6) is 0 Å². The third kappa shape index (κ3) is 3.15. The Morgan fingerprint density at radius 2 is 2.24 bits per heavy atom. The summed E-state index contributed by atoms with van der Waals surface area (Å²) in [5, 5.41) is 0.738. The highest BCUT2D eigenvalue weighted by Gasteiger charge is 2.18. The van der Waals surface area contributed by atoms with Crippen LogP contribution in [0.1, 0.15) is 11.8 Å². The Kier molecular flexibility index (Phi) is 3.93. The molecule has 1 aliphatic rings. The van der Waals surface area contributed by atoms with Gasteiger partial charge in [-0.15, -0.1) is 0 Å². The van der Waals surface area contributed by atoms with Gasteiger partial charge in [-0.3, -0.25) is 15.1 Å². The average molecular weight is 255 g/mol. The van der Waals surface area contributed by atoms with Crippen molar-refractivity contribution >= 4 is 22.4 Å². The number of hydrogen-bond donors (Lipinski definition) is 2. The van der Waals surface area contributed by atoms with E-state index in [4.69, 9.17) is 5.84 Å². The first-order valence-electron chi connectivity index (χ1n) is 5.58. The first-order chi connectivity index (χ1) is 8.19. The first-order valence-corrected chi connectivity index (χ1v) is 6.40. The number of aromatic nitrogens is 1. The van der Waals surface area contributed by atoms with Crippen LogP contribution in [-0.2, 0) is 11.3 Å². The van der Waals surface area contributed by atoms with Crippen LogP contribution in [0.2, 0.25) is 0 Å². The average Bonchev–Trinajstić information content (AvgIpc) is 2.77. The Bertz CT molecular complexity index is 386. The number of hydrazine groups is 1. The summed E-state index contributed by atoms with van der Waals surface area (Å²) >= 11 is 1.56. The molecule has 0 spiro atoms. The van der Waals surface area contributed by atoms with Gasteiger partial charge in [-0.2, -0.15) is 0 Å². The summed E-state index contributed by atoms with van der Waals surface area (Å²) in [5.74, 6) is 5.45. The van der Waals surface area contributed by atoms with Crippen LogP contribution >= 0.6 is 11.3 Å². The maximum absolute atomic E-state index is 11.2. The molecule has 1 amide bonds. The van der Waals surface area contributed by atoms with Crippen molar-refractivity contribution in [2.45, 2.75) is 13.5 Å². The number of nitrogens with zero attached hydrogens (tertiary/aromatic N) is 3. The van der Waals surface area contributed by atoms with Gasteiger partial charge >= 0.3 is 0 Å². The van der Waals surface area contributed by atoms with E-state index in [1.807, 2.05) is 11.1 Å². The zero-order valence-corrected chi connectivity index (χ0v) is 10.7. The highest BCUT2D eigenvalue weighted by Crippen LogP contribution is 2.19. The van der Waals surface area contributed by atoms with Crippen molar-refractivity contribution in [1.82, 2.24) is 14.8 Å². The number of nitrogen functional groups attached to an aromatic ring is 1. The van der Waals surface area contributed by atoms with E-state index < -0.39 is 0 Å². The molecule has 1 fully saturated rings. The molecule has 1 saturated heterocycles. The van der Waals surface area contributed by atoms with Gasteiger partial charge in [0.2, 0.25) is 5.91 Å². The van der Waals surface area contributed by atoms with Gasteiger partial charge < -0.3 is 4.90 Å². The van der Waals surface area contributed by atoms with Crippen LogP contribution in [0.3, 0.4) is 0 Å². The van der Waals surface area contributed by atoms with E-state index >= 15 is 0 Å². The molecule has 0 atom stereocenters. The van der Waals surface area contributed by atoms with Crippen molar-refractivity contribution in [1.29, 1.82) is 0 Å². The van der Waals surface area contributed by atoms with Crippen LogP contribution in [-0.4, -0.2) is 46.9 Å². The highest BCUT2D eigenvalue weighted by molar-refractivity contribution is 7.15. The topological polar surface area (TPSA) is 74.5 Å². The lowest BCUT2D eigenvalue weighted by Crippen LogP contribution is -2.47. The molecule has 1 aromatic rings. The normalized spacial score (nSPS) is 17.2. The third-order valence-electron chi connectivity index (χ3n) is 2.87. The molecule has 1 aliphatic heterocycles. The molecule has 2 rings (SSSR count). The smallest absolute Gasteiger partial charge is 0.219 e. The molecule has 0 bridgehead atoms. The van der Waals surface area contributed by atoms with Crippen LogP contribution in [0.4, 0.5) is 5.13 Å². The van der Waals surface area contributed by atoms with E-state index in [0.717, 1.165) is 37.9 Å². The zero-order valence-electron chi connectivity index (χ0n) is 9.85. The van der Waals surface area contributed by atoms with E-state index in [-0.39, 0.29) is 5.91 Å². The fraction of sp³-hybridized carbons (Fsp3) is 0.600. The fourth-order valence-corrected chi connectivity index (χ4v) is 2.65. The second kappa shape index (κ2) is 5.44. The minimum atomic E-state index is 0.164. The molecular formula is C10H17N5OS. The number of anilines is 1. The van der Waals surface area contributed by atoms with E-state index in [2.05, 4.69) is 15.3 Å². The number of amides is 1. The largest absolute Gasteiger partial charge is 0.340 e. The van der Waals surface area contributed by atoms with Crippen LogP contribution < -0.4 is 11.3 Å². The minimum Gasteiger partial charge on any atom is -0.340 e. The molecule has 17 heavy (non-hydrogen) atoms. The molecule has 2 heterocycles. The number of piperazine rings is 1. The Morgan fingerprint density at radius 3 is 2.76 bits per heavy atom. The molecule has 1 aromatic heterocycles. The standard InChI is InChI=1S/C10H17N5OS/c1-8(16)15-4-2-14(3-5-15)7-9-6-12-10(13-11)17-9/h6H,2-5,7,11H2,1H3,(H,12,13). The second-order valence-corrected chi connectivity index (χ2v) is 5.17. The van der Waals surface area contributed by atoms with Crippen molar-refractivity contribution in [3.63, 3.8) is 0 Å². The number of rotatable bonds is 3. The van der Waals surface area contributed by atoms with E-state index in [0.29, 0.717) is 0 Å². The number of thiazole rings is 1. The van der Waals surface area contributed by atoms with Gasteiger partial charge in [-0.25, -0.2) is 10.8 Å². The number of carbonyl (C=O) groups is 1. The molecule has 7 heteroatoms. The summed E-state index contributed by atoms with van der Waals surface area (Å²) in [6, 6.07) is 0. The highest BCUT2D eigenvalue weighted by atomic mass is 32.1. The summed E-state index contributed by atoms with van der Waals surface area (Å²) in [6.45, 7) is 5.97. The first kappa shape index (κ1) is 12.3. The van der Waals surface area contributed by atoms with Gasteiger partial charge in [-0.05, 0) is 0 Å². The summed E-state index contributed by atoms with van der Waals surface area (Å²) in [6.07, 6.45) is 1.84. The van der Waals surface area contributed by atoms with E-state index in [9.17, 15) is 4.79 Å². The predicted molar refractivity (Wildman–Crippen MR) is 67.5 cm³/mol. The molecule has 3 N–H and O–H groups in total. The lowest BCUT2D eigenvalue weighted by molar-refractivity contribution is -0.130. The van der Waals surface area contributed by atoms with Crippen molar-refractivity contribution in [3.8, 4) is 0 Å². The molecule has 0 unspecified atom stereocenters. The summed E-state index contributed by atoms with van der Waals surface area (Å²) in [5.41, 5.74) is 2.54. The van der Waals surface area contributed by atoms with E-state index in [1.54, 1.807) is 18.3 Å². The molecule has 0 saturated carbocycles. The Morgan fingerprint density at radius 1 is 1.53 bits per heavy atom. The Labute approximate surface area is 104 Å². The second-order valence-electron chi connectivity index (χ2n) is 4.06. The maximum Gasteiger partial charge on any atom is 0.219 e. The predicted octanol–water partition coefficient (Wildman–Crippen LogP) is 0.0928. The van der Waals surface area contributed by atoms with Gasteiger partial charge in [0.05, 0.1) is 0 Å². The summed E-state index contributed by atoms with van der Waals surface area (Å²) in [7, 11) is 0. The minimum absolute atomic E-state index is 0.164. The van der Waals surface area contributed by atoms with Gasteiger partial charge in [0.1, 0.15) is 0 Å². The molecule has 94 valence electrons. The third-order valence-corrected chi connectivity index (χ3v) is 3.79. The van der Waals surface area contributed by atoms with Crippen molar-refractivity contribution in [2.24, 2.45) is 5.84 Å². The summed E-state index contributed by atoms with van der Waals surface area (Å²) < 4.78 is 0. The molecule has 0 aliphatic carbocycles. The number of carbonyl (C=O) groups excluding carboxylic acids is 1. The number of nitrogens with one attached hydrogen (secondary N) is 1. The summed E-state index contributed by atoms with van der Waals surface area (Å²) in [4.78, 5) is 20.7. The molecular weight excluding hydrogens is 238 g/mol. The quantitative estimate of drug-likeness (QED) is 0.591. The Hall–Kier alpha value is -1.18. The molecule has 6 nitrogen and oxygen atoms in total. The van der Waals surface area contributed by atoms with Gasteiger partial charge in [0.15, 0.2) is 5.13 Å². The zero-order chi connectivity index (χ0) is 12.3. The van der Waals surface area contributed by atoms with Gasteiger partial charge in [0.25, 0.3) is 0 Å². The number of nitrogens with two attached hydrogens (primary N) is 1. The maximum atomic E-state index is 11.2. The van der Waals surface area contributed by atoms with Crippen molar-refractivity contribution in [2.75, 3.05) is 31.6 Å². The van der Waals surface area contributed by atoms with Crippen molar-refractivity contribution < 1.29 is 4.79 Å².